The molecule has 0 bridgehead atoms. The second-order valence-electron chi connectivity index (χ2n) is 6.13. The normalized spacial score (nSPS) is 11.8. The van der Waals surface area contributed by atoms with Crippen molar-refractivity contribution in [3.05, 3.63) is 47.0 Å². The molecule has 0 aliphatic heterocycles. The molecule has 0 unspecified atom stereocenters. The van der Waals surface area contributed by atoms with Crippen LogP contribution in [0.2, 0.25) is 5.02 Å². The van der Waals surface area contributed by atoms with Crippen molar-refractivity contribution < 1.29 is 19.0 Å². The van der Waals surface area contributed by atoms with Gasteiger partial charge in [0.25, 0.3) is 5.91 Å². The number of carbonyl (C=O) groups is 1. The van der Waals surface area contributed by atoms with E-state index in [0.29, 0.717) is 33.9 Å². The standard InChI is InChI=1S/C20H24ClNO4/c1-12(2)14-8-6-7-9-17(14)26-13(3)20(23)22-16-11-18(24-4)15(21)10-19(16)25-5/h6-13H,1-5H3,(H,22,23)/t13-/m1/s1. The lowest BCUT2D eigenvalue weighted by Gasteiger charge is -2.19. The molecule has 0 heterocycles. The molecule has 2 rings (SSSR count). The Morgan fingerprint density at radius 3 is 2.27 bits per heavy atom. The van der Waals surface area contributed by atoms with Crippen molar-refractivity contribution in [3.8, 4) is 17.2 Å². The first kappa shape index (κ1) is 19.9. The molecule has 2 aromatic rings. The fourth-order valence-electron chi connectivity index (χ4n) is 2.50. The summed E-state index contributed by atoms with van der Waals surface area (Å²) in [4.78, 5) is 12.6. The SMILES string of the molecule is COc1cc(NC(=O)[C@@H](C)Oc2ccccc2C(C)C)c(OC)cc1Cl. The zero-order valence-electron chi connectivity index (χ0n) is 15.6. The second kappa shape index (κ2) is 8.81. The van der Waals surface area contributed by atoms with Gasteiger partial charge in [-0.05, 0) is 24.5 Å². The Labute approximate surface area is 159 Å². The lowest BCUT2D eigenvalue weighted by atomic mass is 10.0. The number of amides is 1. The van der Waals surface area contributed by atoms with Crippen LogP contribution in [0.5, 0.6) is 17.2 Å². The molecule has 0 aliphatic rings. The van der Waals surface area contributed by atoms with Gasteiger partial charge in [-0.25, -0.2) is 0 Å². The van der Waals surface area contributed by atoms with Gasteiger partial charge in [0.05, 0.1) is 24.9 Å². The number of ether oxygens (including phenoxy) is 3. The van der Waals surface area contributed by atoms with Crippen LogP contribution in [-0.4, -0.2) is 26.2 Å². The van der Waals surface area contributed by atoms with Gasteiger partial charge in [0, 0.05) is 12.1 Å². The largest absolute Gasteiger partial charge is 0.495 e. The summed E-state index contributed by atoms with van der Waals surface area (Å²) in [6.07, 6.45) is -0.693. The molecule has 0 aliphatic carbocycles. The van der Waals surface area contributed by atoms with Crippen LogP contribution < -0.4 is 19.5 Å². The van der Waals surface area contributed by atoms with Gasteiger partial charge in [0.1, 0.15) is 17.2 Å². The third kappa shape index (κ3) is 4.61. The minimum Gasteiger partial charge on any atom is -0.495 e. The van der Waals surface area contributed by atoms with Crippen molar-refractivity contribution in [1.82, 2.24) is 0 Å². The summed E-state index contributed by atoms with van der Waals surface area (Å²) >= 11 is 6.09. The van der Waals surface area contributed by atoms with E-state index in [1.165, 1.54) is 14.2 Å². The Morgan fingerprint density at radius 2 is 1.65 bits per heavy atom. The highest BCUT2D eigenvalue weighted by molar-refractivity contribution is 6.32. The molecular formula is C20H24ClNO4. The number of para-hydroxylation sites is 1. The number of rotatable bonds is 7. The predicted molar refractivity (Wildman–Crippen MR) is 104 cm³/mol. The highest BCUT2D eigenvalue weighted by atomic mass is 35.5. The van der Waals surface area contributed by atoms with E-state index in [9.17, 15) is 4.79 Å². The van der Waals surface area contributed by atoms with Gasteiger partial charge in [0.2, 0.25) is 0 Å². The quantitative estimate of drug-likeness (QED) is 0.746. The molecule has 2 aromatic carbocycles. The number of nitrogens with one attached hydrogen (secondary N) is 1. The van der Waals surface area contributed by atoms with Crippen molar-refractivity contribution in [1.29, 1.82) is 0 Å². The molecule has 0 saturated carbocycles. The average molecular weight is 378 g/mol. The summed E-state index contributed by atoms with van der Waals surface area (Å²) in [5, 5.41) is 3.20. The van der Waals surface area contributed by atoms with Gasteiger partial charge in [-0.1, -0.05) is 43.6 Å². The Kier molecular flexibility index (Phi) is 6.75. The van der Waals surface area contributed by atoms with Crippen molar-refractivity contribution >= 4 is 23.2 Å². The predicted octanol–water partition coefficient (Wildman–Crippen LogP) is 4.89. The van der Waals surface area contributed by atoms with Crippen LogP contribution in [0.15, 0.2) is 36.4 Å². The van der Waals surface area contributed by atoms with E-state index in [4.69, 9.17) is 25.8 Å². The Balaban J connectivity index is 2.18. The maximum atomic E-state index is 12.6. The number of hydrogen-bond donors (Lipinski definition) is 1. The maximum Gasteiger partial charge on any atom is 0.265 e. The van der Waals surface area contributed by atoms with Gasteiger partial charge < -0.3 is 19.5 Å². The highest BCUT2D eigenvalue weighted by Gasteiger charge is 2.20. The number of benzene rings is 2. The van der Waals surface area contributed by atoms with Crippen molar-refractivity contribution in [2.24, 2.45) is 0 Å². The molecule has 0 spiro atoms. The Hall–Kier alpha value is -2.40. The first-order valence-electron chi connectivity index (χ1n) is 8.35. The van der Waals surface area contributed by atoms with E-state index >= 15 is 0 Å². The molecule has 1 atom stereocenters. The van der Waals surface area contributed by atoms with Gasteiger partial charge in [-0.15, -0.1) is 0 Å². The van der Waals surface area contributed by atoms with E-state index in [1.54, 1.807) is 19.1 Å². The van der Waals surface area contributed by atoms with Crippen molar-refractivity contribution in [2.75, 3.05) is 19.5 Å². The number of hydrogen-bond acceptors (Lipinski definition) is 4. The molecule has 0 fully saturated rings. The summed E-state index contributed by atoms with van der Waals surface area (Å²) in [5.74, 6) is 1.58. The van der Waals surface area contributed by atoms with E-state index in [2.05, 4.69) is 19.2 Å². The van der Waals surface area contributed by atoms with Gasteiger partial charge >= 0.3 is 0 Å². The van der Waals surface area contributed by atoms with E-state index < -0.39 is 6.10 Å². The number of halogens is 1. The average Bonchev–Trinajstić information content (AvgIpc) is 2.62. The molecule has 6 heteroatoms. The summed E-state index contributed by atoms with van der Waals surface area (Å²) in [7, 11) is 3.01. The van der Waals surface area contributed by atoms with Crippen LogP contribution in [0.3, 0.4) is 0 Å². The Bertz CT molecular complexity index is 776. The topological polar surface area (TPSA) is 56.8 Å². The van der Waals surface area contributed by atoms with Crippen LogP contribution in [-0.2, 0) is 4.79 Å². The first-order chi connectivity index (χ1) is 12.4. The monoisotopic (exact) mass is 377 g/mol. The lowest BCUT2D eigenvalue weighted by Crippen LogP contribution is -2.30. The summed E-state index contributed by atoms with van der Waals surface area (Å²) in [6, 6.07) is 10.9. The van der Waals surface area contributed by atoms with Crippen LogP contribution in [0.1, 0.15) is 32.3 Å². The third-order valence-electron chi connectivity index (χ3n) is 3.95. The maximum absolute atomic E-state index is 12.6. The third-order valence-corrected chi connectivity index (χ3v) is 4.24. The summed E-state index contributed by atoms with van der Waals surface area (Å²) in [5.41, 5.74) is 1.52. The second-order valence-corrected chi connectivity index (χ2v) is 6.54. The molecule has 0 aromatic heterocycles. The zero-order chi connectivity index (χ0) is 19.3. The van der Waals surface area contributed by atoms with Crippen LogP contribution >= 0.6 is 11.6 Å². The fraction of sp³-hybridized carbons (Fsp3) is 0.350. The van der Waals surface area contributed by atoms with E-state index in [-0.39, 0.29) is 5.91 Å². The molecule has 26 heavy (non-hydrogen) atoms. The smallest absolute Gasteiger partial charge is 0.265 e. The zero-order valence-corrected chi connectivity index (χ0v) is 16.4. The fourth-order valence-corrected chi connectivity index (χ4v) is 2.73. The molecule has 0 saturated heterocycles. The summed E-state index contributed by atoms with van der Waals surface area (Å²) < 4.78 is 16.4. The Morgan fingerprint density at radius 1 is 1.00 bits per heavy atom. The van der Waals surface area contributed by atoms with Crippen molar-refractivity contribution in [3.63, 3.8) is 0 Å². The van der Waals surface area contributed by atoms with E-state index in [1.807, 2.05) is 24.3 Å². The van der Waals surface area contributed by atoms with Crippen molar-refractivity contribution in [2.45, 2.75) is 32.8 Å². The molecule has 0 radical (unpaired) electrons. The van der Waals surface area contributed by atoms with Crippen LogP contribution in [0.25, 0.3) is 0 Å². The minimum atomic E-state index is -0.693. The molecule has 1 N–H and O–H groups in total. The van der Waals surface area contributed by atoms with Crippen LogP contribution in [0, 0.1) is 0 Å². The molecule has 5 nitrogen and oxygen atoms in total. The highest BCUT2D eigenvalue weighted by Crippen LogP contribution is 2.36. The minimum absolute atomic E-state index is 0.294. The molecule has 140 valence electrons. The van der Waals surface area contributed by atoms with Gasteiger partial charge in [0.15, 0.2) is 6.10 Å². The van der Waals surface area contributed by atoms with Crippen LogP contribution in [0.4, 0.5) is 5.69 Å². The lowest BCUT2D eigenvalue weighted by molar-refractivity contribution is -0.122. The number of methoxy groups -OCH3 is 2. The summed E-state index contributed by atoms with van der Waals surface area (Å²) in [6.45, 7) is 5.86. The molecular weight excluding hydrogens is 354 g/mol. The van der Waals surface area contributed by atoms with E-state index in [0.717, 1.165) is 5.56 Å². The number of carbonyl (C=O) groups excluding carboxylic acids is 1. The van der Waals surface area contributed by atoms with Gasteiger partial charge in [-0.2, -0.15) is 0 Å². The van der Waals surface area contributed by atoms with Gasteiger partial charge in [-0.3, -0.25) is 4.79 Å². The molecule has 1 amide bonds. The number of anilines is 1. The first-order valence-corrected chi connectivity index (χ1v) is 8.73.